The number of aliphatic imine (C=N–C) groups is 1. The summed E-state index contributed by atoms with van der Waals surface area (Å²) in [7, 11) is 3.37. The Labute approximate surface area is 192 Å². The van der Waals surface area contributed by atoms with Crippen LogP contribution in [0.2, 0.25) is 0 Å². The quantitative estimate of drug-likeness (QED) is 0.161. The second-order valence-electron chi connectivity index (χ2n) is 6.17. The predicted octanol–water partition coefficient (Wildman–Crippen LogP) is 2.96. The van der Waals surface area contributed by atoms with Crippen molar-refractivity contribution >= 4 is 29.9 Å². The van der Waals surface area contributed by atoms with E-state index in [4.69, 9.17) is 13.9 Å². The van der Waals surface area contributed by atoms with Gasteiger partial charge in [0.2, 0.25) is 0 Å². The molecule has 3 N–H and O–H groups in total. The molecule has 3 rings (SSSR count). The first-order chi connectivity index (χ1) is 14.3. The van der Waals surface area contributed by atoms with Crippen LogP contribution in [0, 0.1) is 0 Å². The molecule has 0 aliphatic heterocycles. The summed E-state index contributed by atoms with van der Waals surface area (Å²) >= 11 is 0. The van der Waals surface area contributed by atoms with E-state index in [2.05, 4.69) is 30.8 Å². The number of nitrogens with zero attached hydrogens (tertiary/aromatic N) is 3. The molecule has 10 heteroatoms. The zero-order chi connectivity index (χ0) is 20.3. The van der Waals surface area contributed by atoms with E-state index < -0.39 is 0 Å². The van der Waals surface area contributed by atoms with Crippen LogP contribution in [0.15, 0.2) is 52.1 Å². The number of benzene rings is 1. The molecule has 30 heavy (non-hydrogen) atoms. The highest BCUT2D eigenvalue weighted by atomic mass is 127. The molecular formula is C20H27IN6O3. The fraction of sp³-hybridized carbons (Fsp3) is 0.350. The van der Waals surface area contributed by atoms with E-state index in [0.717, 1.165) is 35.9 Å². The maximum Gasteiger partial charge on any atom is 0.191 e. The molecule has 1 aromatic carbocycles. The molecule has 0 saturated heterocycles. The van der Waals surface area contributed by atoms with Gasteiger partial charge in [-0.15, -0.1) is 24.0 Å². The van der Waals surface area contributed by atoms with E-state index >= 15 is 0 Å². The van der Waals surface area contributed by atoms with Gasteiger partial charge in [0.05, 0.1) is 19.9 Å². The molecule has 0 aliphatic carbocycles. The molecule has 0 spiro atoms. The monoisotopic (exact) mass is 526 g/mol. The smallest absolute Gasteiger partial charge is 0.191 e. The molecule has 9 nitrogen and oxygen atoms in total. The van der Waals surface area contributed by atoms with Crippen LogP contribution in [0.1, 0.15) is 18.0 Å². The van der Waals surface area contributed by atoms with Gasteiger partial charge in [-0.1, -0.05) is 0 Å². The summed E-state index contributed by atoms with van der Waals surface area (Å²) in [5.41, 5.74) is 0.922. The molecule has 0 aliphatic rings. The largest absolute Gasteiger partial charge is 0.497 e. The van der Waals surface area contributed by atoms with Gasteiger partial charge in [0.25, 0.3) is 0 Å². The highest BCUT2D eigenvalue weighted by Gasteiger charge is 2.07. The van der Waals surface area contributed by atoms with Crippen LogP contribution in [0.25, 0.3) is 11.4 Å². The predicted molar refractivity (Wildman–Crippen MR) is 125 cm³/mol. The Morgan fingerprint density at radius 1 is 1.20 bits per heavy atom. The summed E-state index contributed by atoms with van der Waals surface area (Å²) in [6.07, 6.45) is 2.50. The van der Waals surface area contributed by atoms with Gasteiger partial charge < -0.3 is 24.5 Å². The standard InChI is InChI=1S/C20H26N6O3.HI/c1-21-20(22-10-4-11-28-14-17-5-3-12-29-17)23-13-18-24-19(26-25-18)15-6-8-16(27-2)9-7-15;/h3,5-9,12H,4,10-11,13-14H2,1-2H3,(H2,21,22,23)(H,24,25,26);1H. The number of ether oxygens (including phenoxy) is 2. The van der Waals surface area contributed by atoms with Crippen molar-refractivity contribution in [2.45, 2.75) is 19.6 Å². The summed E-state index contributed by atoms with van der Waals surface area (Å²) in [4.78, 5) is 8.71. The average Bonchev–Trinajstić information content (AvgIpc) is 3.45. The van der Waals surface area contributed by atoms with Crippen molar-refractivity contribution in [2.75, 3.05) is 27.3 Å². The molecule has 0 atom stereocenters. The van der Waals surface area contributed by atoms with Gasteiger partial charge in [-0.3, -0.25) is 10.1 Å². The first kappa shape index (κ1) is 23.7. The maximum atomic E-state index is 5.56. The van der Waals surface area contributed by atoms with E-state index in [1.807, 2.05) is 36.4 Å². The summed E-state index contributed by atoms with van der Waals surface area (Å²) in [5, 5.41) is 13.7. The van der Waals surface area contributed by atoms with Gasteiger partial charge >= 0.3 is 0 Å². The molecule has 0 saturated carbocycles. The van der Waals surface area contributed by atoms with Crippen LogP contribution in [0.3, 0.4) is 0 Å². The Hall–Kier alpha value is -2.60. The van der Waals surface area contributed by atoms with Crippen LogP contribution in [0.4, 0.5) is 0 Å². The van der Waals surface area contributed by atoms with Gasteiger partial charge in [0, 0.05) is 25.8 Å². The molecular weight excluding hydrogens is 499 g/mol. The highest BCUT2D eigenvalue weighted by molar-refractivity contribution is 14.0. The Kier molecular flexibility index (Phi) is 10.1. The number of hydrogen-bond acceptors (Lipinski definition) is 6. The number of halogens is 1. The average molecular weight is 526 g/mol. The number of rotatable bonds is 10. The zero-order valence-corrected chi connectivity index (χ0v) is 19.4. The minimum atomic E-state index is 0. The minimum Gasteiger partial charge on any atom is -0.497 e. The Bertz CT molecular complexity index is 880. The Morgan fingerprint density at radius 3 is 2.73 bits per heavy atom. The van der Waals surface area contributed by atoms with E-state index in [-0.39, 0.29) is 24.0 Å². The number of guanidine groups is 1. The minimum absolute atomic E-state index is 0. The van der Waals surface area contributed by atoms with Crippen LogP contribution < -0.4 is 15.4 Å². The third-order valence-electron chi connectivity index (χ3n) is 4.11. The summed E-state index contributed by atoms with van der Waals surface area (Å²) in [5.74, 6) is 3.68. The number of H-pyrrole nitrogens is 1. The van der Waals surface area contributed by atoms with Crippen molar-refractivity contribution in [1.29, 1.82) is 0 Å². The number of furan rings is 1. The lowest BCUT2D eigenvalue weighted by Crippen LogP contribution is -2.37. The first-order valence-electron chi connectivity index (χ1n) is 9.39. The summed E-state index contributed by atoms with van der Waals surface area (Å²) < 4.78 is 15.9. The van der Waals surface area contributed by atoms with E-state index in [9.17, 15) is 0 Å². The Balaban J connectivity index is 0.00000320. The molecule has 3 aromatic rings. The lowest BCUT2D eigenvalue weighted by Gasteiger charge is -2.10. The van der Waals surface area contributed by atoms with Gasteiger partial charge in [0.15, 0.2) is 11.8 Å². The molecule has 0 unspecified atom stereocenters. The lowest BCUT2D eigenvalue weighted by atomic mass is 10.2. The molecule has 162 valence electrons. The Morgan fingerprint density at radius 2 is 2.03 bits per heavy atom. The van der Waals surface area contributed by atoms with Crippen molar-refractivity contribution in [3.63, 3.8) is 0 Å². The fourth-order valence-electron chi connectivity index (χ4n) is 2.58. The van der Waals surface area contributed by atoms with Gasteiger partial charge in [-0.2, -0.15) is 5.10 Å². The van der Waals surface area contributed by atoms with Gasteiger partial charge in [-0.05, 0) is 42.8 Å². The van der Waals surface area contributed by atoms with E-state index in [1.165, 1.54) is 0 Å². The number of methoxy groups -OCH3 is 1. The second kappa shape index (κ2) is 12.9. The van der Waals surface area contributed by atoms with Crippen molar-refractivity contribution in [3.8, 4) is 17.1 Å². The van der Waals surface area contributed by atoms with Crippen molar-refractivity contribution < 1.29 is 13.9 Å². The van der Waals surface area contributed by atoms with Crippen LogP contribution in [0.5, 0.6) is 5.75 Å². The first-order valence-corrected chi connectivity index (χ1v) is 9.39. The van der Waals surface area contributed by atoms with E-state index in [0.29, 0.717) is 31.5 Å². The molecule has 0 amide bonds. The third-order valence-corrected chi connectivity index (χ3v) is 4.11. The van der Waals surface area contributed by atoms with Gasteiger partial charge in [-0.25, -0.2) is 4.98 Å². The van der Waals surface area contributed by atoms with Crippen molar-refractivity contribution in [2.24, 2.45) is 4.99 Å². The SMILES string of the molecule is CN=C(NCCCOCc1ccco1)NCc1nc(-c2ccc(OC)cc2)n[nH]1.I. The summed E-state index contributed by atoms with van der Waals surface area (Å²) in [6, 6.07) is 11.4. The van der Waals surface area contributed by atoms with Crippen LogP contribution in [-0.4, -0.2) is 48.5 Å². The van der Waals surface area contributed by atoms with Crippen LogP contribution >= 0.6 is 24.0 Å². The molecule has 0 bridgehead atoms. The topological polar surface area (TPSA) is 110 Å². The van der Waals surface area contributed by atoms with Crippen molar-refractivity contribution in [3.05, 3.63) is 54.2 Å². The number of hydrogen-bond donors (Lipinski definition) is 3. The lowest BCUT2D eigenvalue weighted by molar-refractivity contribution is 0.105. The number of aromatic amines is 1. The number of nitrogens with one attached hydrogen (secondary N) is 3. The van der Waals surface area contributed by atoms with Gasteiger partial charge in [0.1, 0.15) is 23.9 Å². The fourth-order valence-corrected chi connectivity index (χ4v) is 2.58. The van der Waals surface area contributed by atoms with Crippen LogP contribution in [-0.2, 0) is 17.9 Å². The maximum absolute atomic E-state index is 5.56. The third kappa shape index (κ3) is 7.34. The number of aromatic nitrogens is 3. The second-order valence-corrected chi connectivity index (χ2v) is 6.17. The summed E-state index contributed by atoms with van der Waals surface area (Å²) in [6.45, 7) is 2.35. The highest BCUT2D eigenvalue weighted by Crippen LogP contribution is 2.18. The molecule has 0 radical (unpaired) electrons. The molecule has 2 aromatic heterocycles. The van der Waals surface area contributed by atoms with Crippen molar-refractivity contribution in [1.82, 2.24) is 25.8 Å². The normalized spacial score (nSPS) is 11.1. The zero-order valence-electron chi connectivity index (χ0n) is 17.1. The van der Waals surface area contributed by atoms with E-state index in [1.54, 1.807) is 20.4 Å². The molecule has 0 fully saturated rings. The molecule has 2 heterocycles.